The van der Waals surface area contributed by atoms with Crippen LogP contribution in [0.2, 0.25) is 0 Å². The van der Waals surface area contributed by atoms with E-state index in [1.54, 1.807) is 31.2 Å². The summed E-state index contributed by atoms with van der Waals surface area (Å²) in [5.74, 6) is -0.825. The Hall–Kier alpha value is -2.10. The number of ether oxygens (including phenoxy) is 2. The summed E-state index contributed by atoms with van der Waals surface area (Å²) in [5.41, 5.74) is 0.649. The summed E-state index contributed by atoms with van der Waals surface area (Å²) in [6.45, 7) is 3.26. The van der Waals surface area contributed by atoms with E-state index in [1.807, 2.05) is 6.07 Å². The predicted molar refractivity (Wildman–Crippen MR) is 62.8 cm³/mol. The Bertz CT molecular complexity index is 420. The van der Waals surface area contributed by atoms with Gasteiger partial charge in [-0.15, -0.1) is 0 Å². The number of hydrogen-bond acceptors (Lipinski definition) is 4. The summed E-state index contributed by atoms with van der Waals surface area (Å²) in [5, 5.41) is 0. The normalized spacial score (nSPS) is 10.8. The zero-order valence-corrected chi connectivity index (χ0v) is 9.80. The Morgan fingerprint density at radius 2 is 1.88 bits per heavy atom. The average Bonchev–Trinajstić information content (AvgIpc) is 2.29. The van der Waals surface area contributed by atoms with E-state index in [-0.39, 0.29) is 12.4 Å². The average molecular weight is 234 g/mol. The lowest BCUT2D eigenvalue weighted by molar-refractivity contribution is -0.137. The van der Waals surface area contributed by atoms with Crippen molar-refractivity contribution in [3.05, 3.63) is 42.0 Å². The van der Waals surface area contributed by atoms with Crippen LogP contribution in [-0.4, -0.2) is 18.5 Å². The number of benzene rings is 1. The molecule has 4 nitrogen and oxygen atoms in total. The fourth-order valence-electron chi connectivity index (χ4n) is 1.22. The first kappa shape index (κ1) is 13.0. The van der Waals surface area contributed by atoms with E-state index < -0.39 is 11.9 Å². The number of hydrogen-bond donors (Lipinski definition) is 0. The standard InChI is InChI=1S/C13H14O4/c1-3-16-13(15)9-12(17-10(2)14)11-7-5-4-6-8-11/h4-9H,3H2,1-2H3/b12-9+. The molecule has 0 atom stereocenters. The summed E-state index contributed by atoms with van der Waals surface area (Å²) in [6, 6.07) is 8.90. The van der Waals surface area contributed by atoms with Gasteiger partial charge in [-0.1, -0.05) is 30.3 Å². The highest BCUT2D eigenvalue weighted by Gasteiger charge is 2.08. The van der Waals surface area contributed by atoms with E-state index in [4.69, 9.17) is 9.47 Å². The molecule has 0 aliphatic carbocycles. The quantitative estimate of drug-likeness (QED) is 0.455. The highest BCUT2D eigenvalue weighted by Crippen LogP contribution is 2.15. The Balaban J connectivity index is 2.96. The number of carbonyl (C=O) groups excluding carboxylic acids is 2. The molecule has 0 fully saturated rings. The molecule has 0 amide bonds. The molecule has 0 spiro atoms. The molecule has 1 aromatic carbocycles. The summed E-state index contributed by atoms with van der Waals surface area (Å²) in [4.78, 5) is 22.3. The van der Waals surface area contributed by atoms with E-state index >= 15 is 0 Å². The van der Waals surface area contributed by atoms with Crippen molar-refractivity contribution in [2.24, 2.45) is 0 Å². The third-order valence-electron chi connectivity index (χ3n) is 1.85. The highest BCUT2D eigenvalue weighted by atomic mass is 16.5. The highest BCUT2D eigenvalue weighted by molar-refractivity contribution is 5.91. The second-order valence-electron chi connectivity index (χ2n) is 3.22. The maximum atomic E-state index is 11.3. The molecule has 1 rings (SSSR count). The van der Waals surface area contributed by atoms with Crippen LogP contribution < -0.4 is 0 Å². The van der Waals surface area contributed by atoms with E-state index in [2.05, 4.69) is 0 Å². The molecule has 4 heteroatoms. The summed E-state index contributed by atoms with van der Waals surface area (Å²) < 4.78 is 9.74. The van der Waals surface area contributed by atoms with Crippen molar-refractivity contribution in [1.82, 2.24) is 0 Å². The van der Waals surface area contributed by atoms with Gasteiger partial charge in [0, 0.05) is 12.5 Å². The van der Waals surface area contributed by atoms with Crippen molar-refractivity contribution in [3.8, 4) is 0 Å². The predicted octanol–water partition coefficient (Wildman–Crippen LogP) is 2.15. The minimum atomic E-state index is -0.535. The molecule has 0 radical (unpaired) electrons. The van der Waals surface area contributed by atoms with Crippen LogP contribution in [0.15, 0.2) is 36.4 Å². The third kappa shape index (κ3) is 4.51. The lowest BCUT2D eigenvalue weighted by Gasteiger charge is -2.06. The second-order valence-corrected chi connectivity index (χ2v) is 3.22. The monoisotopic (exact) mass is 234 g/mol. The van der Waals surface area contributed by atoms with Crippen LogP contribution >= 0.6 is 0 Å². The van der Waals surface area contributed by atoms with E-state index in [9.17, 15) is 9.59 Å². The van der Waals surface area contributed by atoms with Gasteiger partial charge in [-0.25, -0.2) is 4.79 Å². The van der Waals surface area contributed by atoms with Crippen LogP contribution in [0.3, 0.4) is 0 Å². The van der Waals surface area contributed by atoms with Crippen molar-refractivity contribution >= 4 is 17.7 Å². The van der Waals surface area contributed by atoms with Gasteiger partial charge in [0.05, 0.1) is 12.7 Å². The zero-order chi connectivity index (χ0) is 12.7. The van der Waals surface area contributed by atoms with Gasteiger partial charge in [0.15, 0.2) is 0 Å². The lowest BCUT2D eigenvalue weighted by Crippen LogP contribution is -2.04. The summed E-state index contributed by atoms with van der Waals surface area (Å²) >= 11 is 0. The molecule has 1 aromatic rings. The lowest BCUT2D eigenvalue weighted by atomic mass is 10.2. The zero-order valence-electron chi connectivity index (χ0n) is 9.80. The Morgan fingerprint density at radius 3 is 2.41 bits per heavy atom. The van der Waals surface area contributed by atoms with Crippen molar-refractivity contribution < 1.29 is 19.1 Å². The number of rotatable bonds is 4. The van der Waals surface area contributed by atoms with Gasteiger partial charge >= 0.3 is 11.9 Å². The first-order valence-electron chi connectivity index (χ1n) is 5.25. The fraction of sp³-hybridized carbons (Fsp3) is 0.231. The van der Waals surface area contributed by atoms with Crippen LogP contribution in [0.25, 0.3) is 5.76 Å². The van der Waals surface area contributed by atoms with E-state index in [0.717, 1.165) is 0 Å². The van der Waals surface area contributed by atoms with Crippen molar-refractivity contribution in [3.63, 3.8) is 0 Å². The largest absolute Gasteiger partial charge is 0.463 e. The Kier molecular flexibility index (Phi) is 4.94. The van der Waals surface area contributed by atoms with Gasteiger partial charge in [0.1, 0.15) is 5.76 Å². The summed E-state index contributed by atoms with van der Waals surface area (Å²) in [7, 11) is 0. The van der Waals surface area contributed by atoms with E-state index in [0.29, 0.717) is 5.56 Å². The second kappa shape index (κ2) is 6.48. The minimum absolute atomic E-state index is 0.191. The molecule has 90 valence electrons. The maximum Gasteiger partial charge on any atom is 0.334 e. The SMILES string of the molecule is CCOC(=O)/C=C(/OC(C)=O)c1ccccc1. The molecular weight excluding hydrogens is 220 g/mol. The van der Waals surface area contributed by atoms with Crippen LogP contribution in [-0.2, 0) is 19.1 Å². The molecule has 0 aliphatic heterocycles. The van der Waals surface area contributed by atoms with Gasteiger partial charge in [-0.2, -0.15) is 0 Å². The molecule has 0 saturated carbocycles. The fourth-order valence-corrected chi connectivity index (χ4v) is 1.22. The van der Waals surface area contributed by atoms with Gasteiger partial charge in [0.2, 0.25) is 0 Å². The minimum Gasteiger partial charge on any atom is -0.463 e. The Labute approximate surface area is 99.8 Å². The van der Waals surface area contributed by atoms with Crippen LogP contribution in [0, 0.1) is 0 Å². The van der Waals surface area contributed by atoms with Gasteiger partial charge in [0.25, 0.3) is 0 Å². The molecular formula is C13H14O4. The molecule has 0 saturated heterocycles. The first-order chi connectivity index (χ1) is 8.13. The van der Waals surface area contributed by atoms with Crippen LogP contribution in [0.1, 0.15) is 19.4 Å². The molecule has 0 bridgehead atoms. The van der Waals surface area contributed by atoms with Crippen LogP contribution in [0.4, 0.5) is 0 Å². The summed E-state index contributed by atoms with van der Waals surface area (Å²) in [6.07, 6.45) is 1.17. The number of carbonyl (C=O) groups is 2. The molecule has 0 heterocycles. The molecule has 0 N–H and O–H groups in total. The van der Waals surface area contributed by atoms with Crippen molar-refractivity contribution in [1.29, 1.82) is 0 Å². The molecule has 17 heavy (non-hydrogen) atoms. The van der Waals surface area contributed by atoms with Gasteiger partial charge < -0.3 is 9.47 Å². The van der Waals surface area contributed by atoms with E-state index in [1.165, 1.54) is 13.0 Å². The third-order valence-corrected chi connectivity index (χ3v) is 1.85. The molecule has 0 aromatic heterocycles. The van der Waals surface area contributed by atoms with Crippen LogP contribution in [0.5, 0.6) is 0 Å². The van der Waals surface area contributed by atoms with Gasteiger partial charge in [-0.3, -0.25) is 4.79 Å². The topological polar surface area (TPSA) is 52.6 Å². The first-order valence-corrected chi connectivity index (χ1v) is 5.25. The van der Waals surface area contributed by atoms with Crippen molar-refractivity contribution in [2.45, 2.75) is 13.8 Å². The van der Waals surface area contributed by atoms with Gasteiger partial charge in [-0.05, 0) is 6.92 Å². The molecule has 0 unspecified atom stereocenters. The smallest absolute Gasteiger partial charge is 0.334 e. The Morgan fingerprint density at radius 1 is 1.24 bits per heavy atom. The maximum absolute atomic E-state index is 11.3. The number of esters is 2. The molecule has 0 aliphatic rings. The van der Waals surface area contributed by atoms with Crippen molar-refractivity contribution in [2.75, 3.05) is 6.61 Å².